The Morgan fingerprint density at radius 1 is 1.25 bits per heavy atom. The summed E-state index contributed by atoms with van der Waals surface area (Å²) < 4.78 is 2.72. The van der Waals surface area contributed by atoms with Crippen molar-refractivity contribution in [2.24, 2.45) is 0 Å². The van der Waals surface area contributed by atoms with Crippen molar-refractivity contribution in [3.8, 4) is 18.0 Å². The lowest BCUT2D eigenvalue weighted by molar-refractivity contribution is 0.102. The second-order valence-corrected chi connectivity index (χ2v) is 6.13. The number of anilines is 1. The molecule has 0 bridgehead atoms. The van der Waals surface area contributed by atoms with Gasteiger partial charge in [-0.15, -0.1) is 6.42 Å². The highest BCUT2D eigenvalue weighted by Crippen LogP contribution is 2.18. The van der Waals surface area contributed by atoms with Crippen molar-refractivity contribution in [3.05, 3.63) is 76.0 Å². The van der Waals surface area contributed by atoms with Crippen molar-refractivity contribution in [1.82, 2.24) is 9.78 Å². The van der Waals surface area contributed by atoms with Crippen LogP contribution in [0.25, 0.3) is 5.69 Å². The molecule has 24 heavy (non-hydrogen) atoms. The Kier molecular flexibility index (Phi) is 4.50. The predicted octanol–water partition coefficient (Wildman–Crippen LogP) is 4.18. The first-order valence-corrected chi connectivity index (χ1v) is 8.06. The minimum absolute atomic E-state index is 0.218. The summed E-state index contributed by atoms with van der Waals surface area (Å²) in [6.45, 7) is 1.86. The molecule has 0 radical (unpaired) electrons. The number of benzene rings is 2. The fraction of sp³-hybridized carbons (Fsp3) is 0.0526. The van der Waals surface area contributed by atoms with Gasteiger partial charge < -0.3 is 5.32 Å². The third kappa shape index (κ3) is 3.24. The second kappa shape index (κ2) is 6.73. The maximum absolute atomic E-state index is 12.5. The average molecular weight is 380 g/mol. The molecule has 0 saturated carbocycles. The normalized spacial score (nSPS) is 10.2. The van der Waals surface area contributed by atoms with Crippen LogP contribution in [-0.2, 0) is 0 Å². The SMILES string of the molecule is C#Cc1cccc(NC(=O)c2cnn(-c3ccc(Br)cc3)c2C)c1. The largest absolute Gasteiger partial charge is 0.322 e. The molecule has 0 unspecified atom stereocenters. The number of nitrogens with zero attached hydrogens (tertiary/aromatic N) is 2. The number of amides is 1. The number of hydrogen-bond donors (Lipinski definition) is 1. The molecular formula is C19H14BrN3O. The van der Waals surface area contributed by atoms with Crippen molar-refractivity contribution in [3.63, 3.8) is 0 Å². The van der Waals surface area contributed by atoms with Crippen LogP contribution >= 0.6 is 15.9 Å². The van der Waals surface area contributed by atoms with Gasteiger partial charge in [0.2, 0.25) is 0 Å². The standard InChI is InChI=1S/C19H14BrN3O/c1-3-14-5-4-6-16(11-14)22-19(24)18-12-21-23(13(18)2)17-9-7-15(20)8-10-17/h1,4-12H,2H3,(H,22,24). The molecule has 0 saturated heterocycles. The third-order valence-electron chi connectivity index (χ3n) is 3.61. The van der Waals surface area contributed by atoms with Gasteiger partial charge in [-0.3, -0.25) is 4.79 Å². The van der Waals surface area contributed by atoms with E-state index in [4.69, 9.17) is 6.42 Å². The number of aromatic nitrogens is 2. The topological polar surface area (TPSA) is 46.9 Å². The molecule has 1 aromatic heterocycles. The van der Waals surface area contributed by atoms with Crippen LogP contribution in [0, 0.1) is 19.3 Å². The first-order chi connectivity index (χ1) is 11.6. The van der Waals surface area contributed by atoms with Crippen LogP contribution in [0.5, 0.6) is 0 Å². The Balaban J connectivity index is 1.86. The molecule has 118 valence electrons. The Hall–Kier alpha value is -2.84. The average Bonchev–Trinajstić information content (AvgIpc) is 2.97. The van der Waals surface area contributed by atoms with E-state index in [2.05, 4.69) is 32.3 Å². The molecule has 1 amide bonds. The zero-order valence-electron chi connectivity index (χ0n) is 13.0. The molecule has 3 rings (SSSR count). The van der Waals surface area contributed by atoms with E-state index < -0.39 is 0 Å². The quantitative estimate of drug-likeness (QED) is 0.693. The van der Waals surface area contributed by atoms with Crippen molar-refractivity contribution < 1.29 is 4.79 Å². The number of halogens is 1. The van der Waals surface area contributed by atoms with Crippen molar-refractivity contribution in [1.29, 1.82) is 0 Å². The Labute approximate surface area is 148 Å². The number of hydrogen-bond acceptors (Lipinski definition) is 2. The maximum Gasteiger partial charge on any atom is 0.259 e. The highest BCUT2D eigenvalue weighted by atomic mass is 79.9. The van der Waals surface area contributed by atoms with Gasteiger partial charge in [0.1, 0.15) is 0 Å². The minimum atomic E-state index is -0.218. The van der Waals surface area contributed by atoms with Gasteiger partial charge in [0.05, 0.1) is 23.1 Å². The Morgan fingerprint density at radius 2 is 2.00 bits per heavy atom. The lowest BCUT2D eigenvalue weighted by Crippen LogP contribution is -2.13. The Morgan fingerprint density at radius 3 is 2.71 bits per heavy atom. The number of carbonyl (C=O) groups excluding carboxylic acids is 1. The first-order valence-electron chi connectivity index (χ1n) is 7.27. The van der Waals surface area contributed by atoms with Crippen LogP contribution in [0.3, 0.4) is 0 Å². The first kappa shape index (κ1) is 16.0. The molecule has 2 aromatic carbocycles. The van der Waals surface area contributed by atoms with E-state index in [9.17, 15) is 4.79 Å². The van der Waals surface area contributed by atoms with Gasteiger partial charge in [-0.2, -0.15) is 5.10 Å². The number of carbonyl (C=O) groups is 1. The van der Waals surface area contributed by atoms with Crippen molar-refractivity contribution in [2.75, 3.05) is 5.32 Å². The Bertz CT molecular complexity index is 936. The number of terminal acetylenes is 1. The summed E-state index contributed by atoms with van der Waals surface area (Å²) in [5.74, 6) is 2.33. The van der Waals surface area contributed by atoms with E-state index in [0.29, 0.717) is 11.3 Å². The zero-order valence-corrected chi connectivity index (χ0v) is 14.5. The fourth-order valence-corrected chi connectivity index (χ4v) is 2.62. The molecule has 4 nitrogen and oxygen atoms in total. The molecule has 0 aliphatic heterocycles. The van der Waals surface area contributed by atoms with Crippen LogP contribution in [-0.4, -0.2) is 15.7 Å². The highest BCUT2D eigenvalue weighted by molar-refractivity contribution is 9.10. The molecule has 5 heteroatoms. The van der Waals surface area contributed by atoms with Crippen molar-refractivity contribution in [2.45, 2.75) is 6.92 Å². The van der Waals surface area contributed by atoms with Gasteiger partial charge in [-0.05, 0) is 49.4 Å². The minimum Gasteiger partial charge on any atom is -0.322 e. The van der Waals surface area contributed by atoms with Crippen LogP contribution in [0.1, 0.15) is 21.6 Å². The molecular weight excluding hydrogens is 366 g/mol. The molecule has 3 aromatic rings. The van der Waals surface area contributed by atoms with E-state index in [0.717, 1.165) is 21.4 Å². The van der Waals surface area contributed by atoms with Gasteiger partial charge in [0, 0.05) is 15.7 Å². The summed E-state index contributed by atoms with van der Waals surface area (Å²) in [7, 11) is 0. The van der Waals surface area contributed by atoms with E-state index in [-0.39, 0.29) is 5.91 Å². The number of rotatable bonds is 3. The predicted molar refractivity (Wildman–Crippen MR) is 98.3 cm³/mol. The number of nitrogens with one attached hydrogen (secondary N) is 1. The summed E-state index contributed by atoms with van der Waals surface area (Å²) in [5, 5.41) is 7.17. The molecule has 0 spiro atoms. The summed E-state index contributed by atoms with van der Waals surface area (Å²) in [6.07, 6.45) is 6.95. The summed E-state index contributed by atoms with van der Waals surface area (Å²) in [6, 6.07) is 14.9. The highest BCUT2D eigenvalue weighted by Gasteiger charge is 2.15. The lowest BCUT2D eigenvalue weighted by Gasteiger charge is -2.07. The van der Waals surface area contributed by atoms with Gasteiger partial charge in [-0.25, -0.2) is 4.68 Å². The molecule has 1 heterocycles. The monoisotopic (exact) mass is 379 g/mol. The molecule has 0 atom stereocenters. The van der Waals surface area contributed by atoms with E-state index >= 15 is 0 Å². The van der Waals surface area contributed by atoms with E-state index in [1.807, 2.05) is 43.3 Å². The smallest absolute Gasteiger partial charge is 0.259 e. The van der Waals surface area contributed by atoms with E-state index in [1.165, 1.54) is 0 Å². The third-order valence-corrected chi connectivity index (χ3v) is 4.14. The van der Waals surface area contributed by atoms with Gasteiger partial charge in [0.25, 0.3) is 5.91 Å². The maximum atomic E-state index is 12.5. The second-order valence-electron chi connectivity index (χ2n) is 5.21. The molecule has 0 aliphatic rings. The van der Waals surface area contributed by atoms with Crippen LogP contribution < -0.4 is 5.32 Å². The van der Waals surface area contributed by atoms with Crippen LogP contribution in [0.15, 0.2) is 59.2 Å². The summed E-state index contributed by atoms with van der Waals surface area (Å²) >= 11 is 3.41. The fourth-order valence-electron chi connectivity index (χ4n) is 2.36. The molecule has 0 fully saturated rings. The van der Waals surface area contributed by atoms with E-state index in [1.54, 1.807) is 23.0 Å². The van der Waals surface area contributed by atoms with Crippen molar-refractivity contribution >= 4 is 27.5 Å². The summed E-state index contributed by atoms with van der Waals surface area (Å²) in [4.78, 5) is 12.5. The van der Waals surface area contributed by atoms with Gasteiger partial charge in [0.15, 0.2) is 0 Å². The van der Waals surface area contributed by atoms with Gasteiger partial charge >= 0.3 is 0 Å². The van der Waals surface area contributed by atoms with Crippen LogP contribution in [0.4, 0.5) is 5.69 Å². The summed E-state index contributed by atoms with van der Waals surface area (Å²) in [5.41, 5.74) is 3.55. The van der Waals surface area contributed by atoms with Gasteiger partial charge in [-0.1, -0.05) is 27.9 Å². The van der Waals surface area contributed by atoms with Crippen LogP contribution in [0.2, 0.25) is 0 Å². The molecule has 0 aliphatic carbocycles. The zero-order chi connectivity index (χ0) is 17.1. The molecule has 1 N–H and O–H groups in total. The lowest BCUT2D eigenvalue weighted by atomic mass is 10.2.